The Morgan fingerprint density at radius 3 is 2.50 bits per heavy atom. The fourth-order valence-corrected chi connectivity index (χ4v) is 2.18. The predicted octanol–water partition coefficient (Wildman–Crippen LogP) is 3.21. The van der Waals surface area contributed by atoms with E-state index in [0.717, 1.165) is 19.5 Å². The molecule has 0 fully saturated rings. The van der Waals surface area contributed by atoms with Crippen molar-refractivity contribution >= 4 is 11.6 Å². The van der Waals surface area contributed by atoms with Crippen molar-refractivity contribution in [1.82, 2.24) is 10.3 Å². The van der Waals surface area contributed by atoms with Gasteiger partial charge in [-0.05, 0) is 29.5 Å². The highest BCUT2D eigenvalue weighted by Gasteiger charge is 2.16. The molecule has 1 atom stereocenters. The van der Waals surface area contributed by atoms with Crippen LogP contribution in [-0.2, 0) is 6.54 Å². The van der Waals surface area contributed by atoms with Crippen molar-refractivity contribution in [2.45, 2.75) is 39.1 Å². The van der Waals surface area contributed by atoms with Crippen LogP contribution in [0.25, 0.3) is 0 Å². The molecule has 0 spiro atoms. The summed E-state index contributed by atoms with van der Waals surface area (Å²) >= 11 is 6.26. The molecule has 1 unspecified atom stereocenters. The molecule has 0 saturated carbocycles. The van der Waals surface area contributed by atoms with Crippen LogP contribution in [0.5, 0.6) is 0 Å². The van der Waals surface area contributed by atoms with Crippen LogP contribution in [0.15, 0.2) is 24.5 Å². The smallest absolute Gasteiger partial charge is 0.0465 e. The Labute approximate surface area is 103 Å². The molecule has 0 aromatic carbocycles. The molecule has 0 aliphatic carbocycles. The molecule has 1 N–H and O–H groups in total. The van der Waals surface area contributed by atoms with Crippen molar-refractivity contribution in [3.05, 3.63) is 30.1 Å². The third-order valence-corrected chi connectivity index (χ3v) is 2.59. The maximum Gasteiger partial charge on any atom is 0.0465 e. The first-order chi connectivity index (χ1) is 7.47. The molecule has 2 nitrogen and oxygen atoms in total. The van der Waals surface area contributed by atoms with Gasteiger partial charge >= 0.3 is 0 Å². The number of nitrogens with one attached hydrogen (secondary N) is 1. The summed E-state index contributed by atoms with van der Waals surface area (Å²) in [5, 5.41) is 3.56. The highest BCUT2D eigenvalue weighted by molar-refractivity contribution is 6.20. The van der Waals surface area contributed by atoms with Crippen molar-refractivity contribution < 1.29 is 0 Å². The fraction of sp³-hybridized carbons (Fsp3) is 0.615. The molecule has 16 heavy (non-hydrogen) atoms. The van der Waals surface area contributed by atoms with E-state index in [1.807, 2.05) is 24.5 Å². The maximum atomic E-state index is 6.26. The first-order valence-electron chi connectivity index (χ1n) is 5.71. The van der Waals surface area contributed by atoms with Gasteiger partial charge in [0.05, 0.1) is 0 Å². The number of nitrogens with zero attached hydrogens (tertiary/aromatic N) is 1. The van der Waals surface area contributed by atoms with E-state index in [2.05, 4.69) is 31.1 Å². The normalized spacial score (nSPS) is 13.8. The second-order valence-electron chi connectivity index (χ2n) is 5.35. The molecule has 0 bridgehead atoms. The monoisotopic (exact) mass is 240 g/mol. The summed E-state index contributed by atoms with van der Waals surface area (Å²) in [6.07, 6.45) is 4.65. The van der Waals surface area contributed by atoms with Crippen molar-refractivity contribution in [3.8, 4) is 0 Å². The van der Waals surface area contributed by atoms with Crippen molar-refractivity contribution in [2.75, 3.05) is 6.54 Å². The number of aromatic nitrogens is 1. The zero-order valence-corrected chi connectivity index (χ0v) is 11.1. The average molecular weight is 241 g/mol. The van der Waals surface area contributed by atoms with E-state index < -0.39 is 0 Å². The van der Waals surface area contributed by atoms with Gasteiger partial charge in [-0.1, -0.05) is 20.8 Å². The Balaban J connectivity index is 2.21. The molecule has 0 radical (unpaired) electrons. The summed E-state index contributed by atoms with van der Waals surface area (Å²) in [5.41, 5.74) is 1.54. The maximum absolute atomic E-state index is 6.26. The molecule has 1 aromatic heterocycles. The lowest BCUT2D eigenvalue weighted by atomic mass is 9.90. The van der Waals surface area contributed by atoms with Gasteiger partial charge in [-0.15, -0.1) is 11.6 Å². The summed E-state index contributed by atoms with van der Waals surface area (Å²) < 4.78 is 0. The van der Waals surface area contributed by atoms with Crippen molar-refractivity contribution in [1.29, 1.82) is 0 Å². The summed E-state index contributed by atoms with van der Waals surface area (Å²) in [6.45, 7) is 8.35. The average Bonchev–Trinajstić information content (AvgIpc) is 2.16. The van der Waals surface area contributed by atoms with E-state index in [4.69, 9.17) is 11.6 Å². The van der Waals surface area contributed by atoms with Crippen LogP contribution in [0, 0.1) is 5.41 Å². The van der Waals surface area contributed by atoms with E-state index in [0.29, 0.717) is 5.41 Å². The Morgan fingerprint density at radius 1 is 1.31 bits per heavy atom. The van der Waals surface area contributed by atoms with E-state index in [1.54, 1.807) is 0 Å². The fourth-order valence-electron chi connectivity index (χ4n) is 1.61. The van der Waals surface area contributed by atoms with Crippen LogP contribution >= 0.6 is 11.6 Å². The van der Waals surface area contributed by atoms with Crippen LogP contribution < -0.4 is 5.32 Å². The minimum atomic E-state index is 0.196. The molecule has 3 heteroatoms. The largest absolute Gasteiger partial charge is 0.311 e. The van der Waals surface area contributed by atoms with Gasteiger partial charge in [0.2, 0.25) is 0 Å². The Hall–Kier alpha value is -0.600. The van der Waals surface area contributed by atoms with Crippen LogP contribution in [-0.4, -0.2) is 16.9 Å². The van der Waals surface area contributed by atoms with Crippen LogP contribution in [0.3, 0.4) is 0 Å². The quantitative estimate of drug-likeness (QED) is 0.800. The summed E-state index contributed by atoms with van der Waals surface area (Å²) in [5.74, 6) is 0. The van der Waals surface area contributed by atoms with Gasteiger partial charge in [0.15, 0.2) is 0 Å². The van der Waals surface area contributed by atoms with Gasteiger partial charge in [-0.25, -0.2) is 0 Å². The third-order valence-electron chi connectivity index (χ3n) is 2.28. The molecule has 1 heterocycles. The lowest BCUT2D eigenvalue weighted by molar-refractivity contribution is 0.364. The van der Waals surface area contributed by atoms with E-state index in [9.17, 15) is 0 Å². The predicted molar refractivity (Wildman–Crippen MR) is 69.7 cm³/mol. The molecule has 0 saturated heterocycles. The third kappa shape index (κ3) is 6.09. The topological polar surface area (TPSA) is 24.9 Å². The zero-order valence-electron chi connectivity index (χ0n) is 10.3. The molecule has 0 aliphatic heterocycles. The second kappa shape index (κ2) is 6.21. The number of hydrogen-bond acceptors (Lipinski definition) is 2. The van der Waals surface area contributed by atoms with E-state index in [1.165, 1.54) is 5.56 Å². The lowest BCUT2D eigenvalue weighted by Gasteiger charge is -2.22. The first-order valence-corrected chi connectivity index (χ1v) is 6.15. The summed E-state index contributed by atoms with van der Waals surface area (Å²) in [6, 6.07) is 4.03. The molecule has 1 aromatic rings. The number of hydrogen-bond donors (Lipinski definition) is 1. The minimum absolute atomic E-state index is 0.196. The summed E-state index contributed by atoms with van der Waals surface area (Å²) in [4.78, 5) is 3.98. The van der Waals surface area contributed by atoms with Crippen LogP contribution in [0.2, 0.25) is 0 Å². The highest BCUT2D eigenvalue weighted by Crippen LogP contribution is 2.23. The Bertz CT molecular complexity index is 293. The van der Waals surface area contributed by atoms with Gasteiger partial charge in [0.25, 0.3) is 0 Å². The van der Waals surface area contributed by atoms with Gasteiger partial charge in [0.1, 0.15) is 0 Å². The number of halogens is 1. The van der Waals surface area contributed by atoms with Gasteiger partial charge in [0, 0.05) is 30.9 Å². The molecular weight excluding hydrogens is 220 g/mol. The highest BCUT2D eigenvalue weighted by atomic mass is 35.5. The van der Waals surface area contributed by atoms with Crippen LogP contribution in [0.1, 0.15) is 32.8 Å². The molecule has 0 amide bonds. The lowest BCUT2D eigenvalue weighted by Crippen LogP contribution is -2.26. The Morgan fingerprint density at radius 2 is 1.94 bits per heavy atom. The Kier molecular flexibility index (Phi) is 5.23. The number of rotatable bonds is 5. The first kappa shape index (κ1) is 13.5. The standard InChI is InChI=1S/C13H21ClN2/c1-13(2,3)8-12(14)10-16-9-11-4-6-15-7-5-11/h4-7,12,16H,8-10H2,1-3H3. The van der Waals surface area contributed by atoms with E-state index >= 15 is 0 Å². The minimum Gasteiger partial charge on any atom is -0.311 e. The van der Waals surface area contributed by atoms with E-state index in [-0.39, 0.29) is 5.38 Å². The van der Waals surface area contributed by atoms with Gasteiger partial charge < -0.3 is 5.32 Å². The van der Waals surface area contributed by atoms with Gasteiger partial charge in [-0.3, -0.25) is 4.98 Å². The molecule has 1 rings (SSSR count). The second-order valence-corrected chi connectivity index (χ2v) is 5.97. The number of pyridine rings is 1. The van der Waals surface area contributed by atoms with Crippen molar-refractivity contribution in [3.63, 3.8) is 0 Å². The van der Waals surface area contributed by atoms with Gasteiger partial charge in [-0.2, -0.15) is 0 Å². The zero-order chi connectivity index (χ0) is 12.0. The molecule has 90 valence electrons. The number of alkyl halides is 1. The SMILES string of the molecule is CC(C)(C)CC(Cl)CNCc1ccncc1. The molecule has 0 aliphatic rings. The summed E-state index contributed by atoms with van der Waals surface area (Å²) in [7, 11) is 0. The molecular formula is C13H21ClN2. The van der Waals surface area contributed by atoms with Crippen LogP contribution in [0.4, 0.5) is 0 Å². The van der Waals surface area contributed by atoms with Crippen molar-refractivity contribution in [2.24, 2.45) is 5.41 Å².